The number of carboxylic acids is 1. The molecule has 2 atom stereocenters. The Labute approximate surface area is 172 Å². The number of rotatable bonds is 5. The number of hydrogen-bond donors (Lipinski definition) is 1. The van der Waals surface area contributed by atoms with Crippen molar-refractivity contribution in [1.29, 1.82) is 0 Å². The summed E-state index contributed by atoms with van der Waals surface area (Å²) in [4.78, 5) is 27.3. The Hall–Kier alpha value is -3.13. The van der Waals surface area contributed by atoms with Crippen LogP contribution < -0.4 is 4.74 Å². The van der Waals surface area contributed by atoms with E-state index in [1.165, 1.54) is 0 Å². The zero-order valence-electron chi connectivity index (χ0n) is 15.7. The van der Waals surface area contributed by atoms with E-state index >= 15 is 0 Å². The lowest BCUT2D eigenvalue weighted by molar-refractivity contribution is -0.138. The van der Waals surface area contributed by atoms with E-state index in [9.17, 15) is 9.59 Å². The summed E-state index contributed by atoms with van der Waals surface area (Å²) in [6.07, 6.45) is 0.392. The van der Waals surface area contributed by atoms with E-state index in [-0.39, 0.29) is 12.5 Å². The van der Waals surface area contributed by atoms with Gasteiger partial charge < -0.3 is 9.84 Å². The normalized spacial score (nSPS) is 21.1. The third kappa shape index (κ3) is 4.02. The molecule has 0 aromatic heterocycles. The number of methoxy groups -OCH3 is 1. The molecule has 2 aliphatic heterocycles. The highest BCUT2D eigenvalue weighted by atomic mass is 32.2. The van der Waals surface area contributed by atoms with Crippen LogP contribution >= 0.6 is 11.8 Å². The van der Waals surface area contributed by atoms with Gasteiger partial charge in [-0.05, 0) is 35.4 Å². The molecule has 0 unspecified atom stereocenters. The summed E-state index contributed by atoms with van der Waals surface area (Å²) in [5.41, 5.74) is 2.89. The second kappa shape index (κ2) is 8.08. The third-order valence-electron chi connectivity index (χ3n) is 4.80. The fourth-order valence-corrected chi connectivity index (χ4v) is 4.40. The molecule has 4 rings (SSSR count). The molecule has 0 saturated heterocycles. The number of thioether (sulfide) groups is 1. The molecular weight excluding hydrogens is 390 g/mol. The van der Waals surface area contributed by atoms with Crippen LogP contribution in [0.1, 0.15) is 30.0 Å². The standard InChI is InChI=1S/C21H19N3O4S/c1-28-15-9-7-13(8-10-15)16-11-17(14-5-3-2-4-6-14)24(23-16)21-22-20(27)18(29-21)12-19(25)26/h2-10,17-18H,11-12H2,1H3,(H,25,26)/t17-,18+/m1/s1. The van der Waals surface area contributed by atoms with Crippen LogP contribution in [0.3, 0.4) is 0 Å². The van der Waals surface area contributed by atoms with E-state index in [1.807, 2.05) is 54.6 Å². The average molecular weight is 409 g/mol. The van der Waals surface area contributed by atoms with Gasteiger partial charge in [0.2, 0.25) is 0 Å². The summed E-state index contributed by atoms with van der Waals surface area (Å²) in [6.45, 7) is 0. The highest BCUT2D eigenvalue weighted by Gasteiger charge is 2.39. The lowest BCUT2D eigenvalue weighted by Gasteiger charge is -2.23. The Kier molecular flexibility index (Phi) is 5.35. The maximum Gasteiger partial charge on any atom is 0.305 e. The van der Waals surface area contributed by atoms with E-state index in [0.717, 1.165) is 34.3 Å². The van der Waals surface area contributed by atoms with Crippen molar-refractivity contribution < 1.29 is 19.4 Å². The molecule has 0 fully saturated rings. The van der Waals surface area contributed by atoms with E-state index in [0.29, 0.717) is 11.6 Å². The number of benzene rings is 2. The van der Waals surface area contributed by atoms with Gasteiger partial charge in [0.25, 0.3) is 5.91 Å². The number of hydrazone groups is 1. The minimum absolute atomic E-state index is 0.115. The average Bonchev–Trinajstić information content (AvgIpc) is 3.32. The zero-order valence-corrected chi connectivity index (χ0v) is 16.5. The highest BCUT2D eigenvalue weighted by molar-refractivity contribution is 8.15. The molecule has 29 heavy (non-hydrogen) atoms. The molecular formula is C21H19N3O4S. The van der Waals surface area contributed by atoms with Crippen LogP contribution in [0.4, 0.5) is 0 Å². The van der Waals surface area contributed by atoms with Crippen molar-refractivity contribution >= 4 is 34.5 Å². The van der Waals surface area contributed by atoms with Crippen molar-refractivity contribution in [3.8, 4) is 5.75 Å². The summed E-state index contributed by atoms with van der Waals surface area (Å²) >= 11 is 1.16. The number of aliphatic imine (C=N–C) groups is 1. The first-order chi connectivity index (χ1) is 14.0. The monoisotopic (exact) mass is 409 g/mol. The van der Waals surface area contributed by atoms with Gasteiger partial charge in [-0.25, -0.2) is 5.01 Å². The maximum atomic E-state index is 12.2. The largest absolute Gasteiger partial charge is 0.497 e. The second-order valence-electron chi connectivity index (χ2n) is 6.69. The predicted molar refractivity (Wildman–Crippen MR) is 111 cm³/mol. The van der Waals surface area contributed by atoms with E-state index in [2.05, 4.69) is 4.99 Å². The molecule has 2 aliphatic rings. The molecule has 8 heteroatoms. The molecule has 2 heterocycles. The fourth-order valence-electron chi connectivity index (χ4n) is 3.34. The molecule has 0 bridgehead atoms. The molecule has 0 radical (unpaired) electrons. The van der Waals surface area contributed by atoms with Crippen molar-refractivity contribution in [1.82, 2.24) is 5.01 Å². The number of carbonyl (C=O) groups excluding carboxylic acids is 1. The van der Waals surface area contributed by atoms with Crippen LogP contribution in [0.5, 0.6) is 5.75 Å². The third-order valence-corrected chi connectivity index (χ3v) is 5.94. The Morgan fingerprint density at radius 3 is 2.59 bits per heavy atom. The van der Waals surface area contributed by atoms with Crippen LogP contribution in [0, 0.1) is 0 Å². The van der Waals surface area contributed by atoms with Crippen LogP contribution in [0.25, 0.3) is 0 Å². The SMILES string of the molecule is COc1ccc(C2=NN(C3=NC(=O)[C@H](CC(=O)O)S3)[C@@H](c3ccccc3)C2)cc1. The van der Waals surface area contributed by atoms with Gasteiger partial charge in [-0.2, -0.15) is 10.1 Å². The molecule has 1 amide bonds. The Balaban J connectivity index is 1.65. The van der Waals surface area contributed by atoms with Crippen molar-refractivity contribution in [2.75, 3.05) is 7.11 Å². The lowest BCUT2D eigenvalue weighted by Crippen LogP contribution is -2.24. The predicted octanol–water partition coefficient (Wildman–Crippen LogP) is 3.32. The first-order valence-electron chi connectivity index (χ1n) is 9.12. The van der Waals surface area contributed by atoms with Gasteiger partial charge in [0, 0.05) is 6.42 Å². The van der Waals surface area contributed by atoms with Crippen molar-refractivity contribution in [3.63, 3.8) is 0 Å². The van der Waals surface area contributed by atoms with Gasteiger partial charge in [0.1, 0.15) is 11.0 Å². The first kappa shape index (κ1) is 19.2. The molecule has 0 spiro atoms. The number of aliphatic carboxylic acids is 1. The van der Waals surface area contributed by atoms with Crippen LogP contribution in [-0.2, 0) is 9.59 Å². The Morgan fingerprint density at radius 2 is 1.93 bits per heavy atom. The number of amidine groups is 1. The maximum absolute atomic E-state index is 12.2. The molecule has 0 saturated carbocycles. The molecule has 0 aliphatic carbocycles. The summed E-state index contributed by atoms with van der Waals surface area (Å²) in [5.74, 6) is -0.676. The second-order valence-corrected chi connectivity index (χ2v) is 7.86. The minimum Gasteiger partial charge on any atom is -0.497 e. The number of nitrogens with zero attached hydrogens (tertiary/aromatic N) is 3. The number of carboxylic acid groups (broad SMARTS) is 1. The van der Waals surface area contributed by atoms with Crippen LogP contribution in [0.15, 0.2) is 64.7 Å². The van der Waals surface area contributed by atoms with Gasteiger partial charge >= 0.3 is 5.97 Å². The van der Waals surface area contributed by atoms with Gasteiger partial charge in [0.15, 0.2) is 5.17 Å². The van der Waals surface area contributed by atoms with E-state index < -0.39 is 17.1 Å². The number of amides is 1. The topological polar surface area (TPSA) is 91.6 Å². The molecule has 1 N–H and O–H groups in total. The fraction of sp³-hybridized carbons (Fsp3) is 0.238. The van der Waals surface area contributed by atoms with Crippen molar-refractivity contribution in [2.45, 2.75) is 24.1 Å². The smallest absolute Gasteiger partial charge is 0.305 e. The molecule has 148 valence electrons. The van der Waals surface area contributed by atoms with Gasteiger partial charge in [0.05, 0.1) is 25.3 Å². The van der Waals surface area contributed by atoms with E-state index in [1.54, 1.807) is 12.1 Å². The number of hydrogen-bond acceptors (Lipinski definition) is 6. The summed E-state index contributed by atoms with van der Waals surface area (Å²) < 4.78 is 5.22. The van der Waals surface area contributed by atoms with E-state index in [4.69, 9.17) is 14.9 Å². The van der Waals surface area contributed by atoms with Gasteiger partial charge in [-0.3, -0.25) is 9.59 Å². The minimum atomic E-state index is -1.02. The first-order valence-corrected chi connectivity index (χ1v) is 10.00. The van der Waals surface area contributed by atoms with Crippen LogP contribution in [-0.4, -0.2) is 45.2 Å². The van der Waals surface area contributed by atoms with Gasteiger partial charge in [-0.15, -0.1) is 0 Å². The highest BCUT2D eigenvalue weighted by Crippen LogP contribution is 2.38. The number of carbonyl (C=O) groups is 2. The quantitative estimate of drug-likeness (QED) is 0.815. The molecule has 2 aromatic rings. The van der Waals surface area contributed by atoms with Crippen molar-refractivity contribution in [2.24, 2.45) is 10.1 Å². The molecule has 7 nitrogen and oxygen atoms in total. The van der Waals surface area contributed by atoms with Gasteiger partial charge in [-0.1, -0.05) is 42.1 Å². The Morgan fingerprint density at radius 1 is 1.21 bits per heavy atom. The number of ether oxygens (including phenoxy) is 1. The molecule has 2 aromatic carbocycles. The summed E-state index contributed by atoms with van der Waals surface area (Å²) in [7, 11) is 1.62. The lowest BCUT2D eigenvalue weighted by atomic mass is 9.98. The van der Waals surface area contributed by atoms with Crippen molar-refractivity contribution in [3.05, 3.63) is 65.7 Å². The Bertz CT molecular complexity index is 989. The summed E-state index contributed by atoms with van der Waals surface area (Å²) in [5, 5.41) is 15.3. The zero-order chi connectivity index (χ0) is 20.4. The summed E-state index contributed by atoms with van der Waals surface area (Å²) in [6, 6.07) is 17.4. The van der Waals surface area contributed by atoms with Crippen LogP contribution in [0.2, 0.25) is 0 Å².